The molecule has 0 bridgehead atoms. The van der Waals surface area contributed by atoms with Gasteiger partial charge >= 0.3 is 0 Å². The fourth-order valence-electron chi connectivity index (χ4n) is 9.59. The van der Waals surface area contributed by atoms with E-state index in [1.165, 1.54) is 82.6 Å². The molecule has 0 saturated heterocycles. The zero-order valence-electron chi connectivity index (χ0n) is 33.2. The molecule has 0 aliphatic rings. The molecule has 0 atom stereocenters. The highest BCUT2D eigenvalue weighted by Gasteiger charge is 2.25. The Morgan fingerprint density at radius 2 is 0.590 bits per heavy atom. The molecule has 2 nitrogen and oxygen atoms in total. The Morgan fingerprint density at radius 1 is 0.262 bits per heavy atom. The van der Waals surface area contributed by atoms with Gasteiger partial charge < -0.3 is 4.42 Å². The highest BCUT2D eigenvalue weighted by molar-refractivity contribution is 6.32. The lowest BCUT2D eigenvalue weighted by Gasteiger charge is -2.23. The SMILES string of the molecule is c1ccc(-c2ccccc2-c2cc(-c3nc4ccccc4o3)c3ccc4c(-c5ccccc5-c5ccccc5)cc(-c5ccccc5-c5ccccc5)c5ccc2c3c45)cc1. The summed E-state index contributed by atoms with van der Waals surface area (Å²) in [5, 5.41) is 7.13. The van der Waals surface area contributed by atoms with E-state index in [0.29, 0.717) is 5.89 Å². The minimum Gasteiger partial charge on any atom is -0.436 e. The van der Waals surface area contributed by atoms with E-state index in [0.717, 1.165) is 33.2 Å². The molecule has 1 aromatic heterocycles. The van der Waals surface area contributed by atoms with Gasteiger partial charge in [0, 0.05) is 5.56 Å². The van der Waals surface area contributed by atoms with Gasteiger partial charge in [0.15, 0.2) is 5.58 Å². The van der Waals surface area contributed by atoms with E-state index >= 15 is 0 Å². The molecule has 0 saturated carbocycles. The number of hydrogen-bond donors (Lipinski definition) is 0. The van der Waals surface area contributed by atoms with E-state index in [2.05, 4.69) is 200 Å². The Bertz CT molecular complexity index is 3430. The van der Waals surface area contributed by atoms with E-state index in [1.54, 1.807) is 0 Å². The van der Waals surface area contributed by atoms with Gasteiger partial charge in [0.2, 0.25) is 5.89 Å². The highest BCUT2D eigenvalue weighted by atomic mass is 16.3. The lowest BCUT2D eigenvalue weighted by atomic mass is 9.80. The summed E-state index contributed by atoms with van der Waals surface area (Å²) >= 11 is 0. The first-order chi connectivity index (χ1) is 30.3. The first kappa shape index (κ1) is 34.9. The van der Waals surface area contributed by atoms with Crippen LogP contribution in [0.5, 0.6) is 0 Å². The number of hydrogen-bond acceptors (Lipinski definition) is 2. The van der Waals surface area contributed by atoms with E-state index in [1.807, 2.05) is 24.3 Å². The summed E-state index contributed by atoms with van der Waals surface area (Å²) in [4.78, 5) is 5.13. The molecule has 61 heavy (non-hydrogen) atoms. The minimum absolute atomic E-state index is 0.613. The molecule has 11 aromatic carbocycles. The average molecular weight is 776 g/mol. The Kier molecular flexibility index (Phi) is 8.21. The van der Waals surface area contributed by atoms with Crippen LogP contribution in [0.4, 0.5) is 0 Å². The maximum Gasteiger partial charge on any atom is 0.227 e. The van der Waals surface area contributed by atoms with Crippen molar-refractivity contribution in [2.45, 2.75) is 0 Å². The molecule has 0 radical (unpaired) electrons. The fourth-order valence-corrected chi connectivity index (χ4v) is 9.59. The molecule has 1 heterocycles. The molecule has 12 aromatic rings. The fraction of sp³-hybridized carbons (Fsp3) is 0. The summed E-state index contributed by atoms with van der Waals surface area (Å²) in [5.74, 6) is 0.613. The lowest BCUT2D eigenvalue weighted by molar-refractivity contribution is 0.620. The lowest BCUT2D eigenvalue weighted by Crippen LogP contribution is -1.96. The Morgan fingerprint density at radius 3 is 1.00 bits per heavy atom. The molecule has 0 N–H and O–H groups in total. The number of nitrogens with zero attached hydrogens (tertiary/aromatic N) is 1. The van der Waals surface area contributed by atoms with Gasteiger partial charge in [-0.1, -0.05) is 200 Å². The predicted octanol–water partition coefficient (Wildman–Crippen LogP) is 16.4. The van der Waals surface area contributed by atoms with Gasteiger partial charge in [-0.15, -0.1) is 0 Å². The van der Waals surface area contributed by atoms with Gasteiger partial charge in [-0.3, -0.25) is 0 Å². The number of aromatic nitrogens is 1. The number of rotatable bonds is 7. The molecule has 0 amide bonds. The second kappa shape index (κ2) is 14.3. The molecule has 0 aliphatic carbocycles. The maximum absolute atomic E-state index is 6.65. The number of fused-ring (bicyclic) bond motifs is 1. The van der Waals surface area contributed by atoms with Gasteiger partial charge in [-0.25, -0.2) is 4.98 Å². The standard InChI is InChI=1S/C59H37NO/c1-4-18-38(19-5-1)41-24-10-13-27-44(41)51-36-52(45-28-14-11-25-42(45)39-20-6-2-7-21-39)48-34-35-50-54(59-60-55-30-16-17-31-56(55)61-59)37-53(49-33-32-47(51)57(48)58(49)50)46-29-15-12-26-43(46)40-22-8-3-9-23-40/h1-37H. The van der Waals surface area contributed by atoms with Crippen LogP contribution in [-0.2, 0) is 0 Å². The summed E-state index contributed by atoms with van der Waals surface area (Å²) in [6.07, 6.45) is 0. The molecule has 284 valence electrons. The first-order valence-corrected chi connectivity index (χ1v) is 20.9. The van der Waals surface area contributed by atoms with Crippen LogP contribution < -0.4 is 0 Å². The molecule has 2 heteroatoms. The van der Waals surface area contributed by atoms with Gasteiger partial charge in [-0.05, 0) is 123 Å². The van der Waals surface area contributed by atoms with Crippen molar-refractivity contribution < 1.29 is 4.42 Å². The third-order valence-electron chi connectivity index (χ3n) is 12.3. The second-order valence-corrected chi connectivity index (χ2v) is 15.7. The molecular formula is C59H37NO. The third-order valence-corrected chi connectivity index (χ3v) is 12.3. The van der Waals surface area contributed by atoms with Crippen LogP contribution >= 0.6 is 0 Å². The molecule has 0 spiro atoms. The molecule has 0 aliphatic heterocycles. The van der Waals surface area contributed by atoms with E-state index in [9.17, 15) is 0 Å². The molecule has 0 fully saturated rings. The zero-order valence-corrected chi connectivity index (χ0v) is 33.2. The van der Waals surface area contributed by atoms with Crippen LogP contribution in [0.3, 0.4) is 0 Å². The molecule has 0 unspecified atom stereocenters. The van der Waals surface area contributed by atoms with E-state index in [-0.39, 0.29) is 0 Å². The Labute approximate surface area is 354 Å². The number of benzene rings is 11. The zero-order chi connectivity index (χ0) is 40.3. The topological polar surface area (TPSA) is 26.0 Å². The highest BCUT2D eigenvalue weighted by Crippen LogP contribution is 2.51. The van der Waals surface area contributed by atoms with Crippen molar-refractivity contribution in [3.05, 3.63) is 224 Å². The summed E-state index contributed by atoms with van der Waals surface area (Å²) in [5.41, 5.74) is 16.8. The summed E-state index contributed by atoms with van der Waals surface area (Å²) in [6.45, 7) is 0. The van der Waals surface area contributed by atoms with Crippen molar-refractivity contribution >= 4 is 43.4 Å². The van der Waals surface area contributed by atoms with Crippen molar-refractivity contribution in [2.75, 3.05) is 0 Å². The number of para-hydroxylation sites is 2. The summed E-state index contributed by atoms with van der Waals surface area (Å²) in [7, 11) is 0. The predicted molar refractivity (Wildman–Crippen MR) is 256 cm³/mol. The second-order valence-electron chi connectivity index (χ2n) is 15.7. The average Bonchev–Trinajstić information content (AvgIpc) is 3.78. The third kappa shape index (κ3) is 5.76. The van der Waals surface area contributed by atoms with Crippen molar-refractivity contribution in [3.63, 3.8) is 0 Å². The quantitative estimate of drug-likeness (QED) is 0.151. The van der Waals surface area contributed by atoms with E-state index in [4.69, 9.17) is 9.40 Å². The smallest absolute Gasteiger partial charge is 0.227 e. The van der Waals surface area contributed by atoms with Gasteiger partial charge in [-0.2, -0.15) is 0 Å². The van der Waals surface area contributed by atoms with Crippen LogP contribution in [0.2, 0.25) is 0 Å². The van der Waals surface area contributed by atoms with Gasteiger partial charge in [0.1, 0.15) is 5.52 Å². The van der Waals surface area contributed by atoms with Crippen LogP contribution in [0.15, 0.2) is 229 Å². The molecular weight excluding hydrogens is 739 g/mol. The normalized spacial score (nSPS) is 11.6. The maximum atomic E-state index is 6.65. The summed E-state index contributed by atoms with van der Waals surface area (Å²) < 4.78 is 6.65. The van der Waals surface area contributed by atoms with Crippen LogP contribution in [0.25, 0.3) is 122 Å². The summed E-state index contributed by atoms with van der Waals surface area (Å²) in [6, 6.07) is 80.9. The number of oxazole rings is 1. The van der Waals surface area contributed by atoms with Crippen molar-refractivity contribution in [3.8, 4) is 78.2 Å². The van der Waals surface area contributed by atoms with Crippen LogP contribution in [0.1, 0.15) is 0 Å². The largest absolute Gasteiger partial charge is 0.436 e. The van der Waals surface area contributed by atoms with E-state index < -0.39 is 0 Å². The van der Waals surface area contributed by atoms with Crippen LogP contribution in [-0.4, -0.2) is 4.98 Å². The Balaban J connectivity index is 1.26. The minimum atomic E-state index is 0.613. The monoisotopic (exact) mass is 775 g/mol. The molecule has 12 rings (SSSR count). The Hall–Kier alpha value is -8.07. The van der Waals surface area contributed by atoms with Crippen LogP contribution in [0, 0.1) is 0 Å². The van der Waals surface area contributed by atoms with Crippen molar-refractivity contribution in [2.24, 2.45) is 0 Å². The van der Waals surface area contributed by atoms with Crippen molar-refractivity contribution in [1.29, 1.82) is 0 Å². The van der Waals surface area contributed by atoms with Gasteiger partial charge in [0.05, 0.1) is 0 Å². The van der Waals surface area contributed by atoms with Crippen molar-refractivity contribution in [1.82, 2.24) is 4.98 Å². The first-order valence-electron chi connectivity index (χ1n) is 20.9. The van der Waals surface area contributed by atoms with Gasteiger partial charge in [0.25, 0.3) is 0 Å².